The minimum atomic E-state index is -0.361. The van der Waals surface area contributed by atoms with Crippen LogP contribution in [0.2, 0.25) is 0 Å². The molecule has 0 bridgehead atoms. The molecule has 4 N–H and O–H groups in total. The molecule has 0 atom stereocenters. The van der Waals surface area contributed by atoms with Gasteiger partial charge >= 0.3 is 0 Å². The van der Waals surface area contributed by atoms with E-state index in [9.17, 15) is 9.59 Å². The van der Waals surface area contributed by atoms with E-state index in [4.69, 9.17) is 5.73 Å². The van der Waals surface area contributed by atoms with Crippen molar-refractivity contribution in [2.24, 2.45) is 5.73 Å². The number of hydrogen-bond donors (Lipinski definition) is 3. The number of nitrogens with two attached hydrogens (primary N) is 1. The minimum Gasteiger partial charge on any atom is -0.385 e. The predicted octanol–water partition coefficient (Wildman–Crippen LogP) is 0.817. The quantitative estimate of drug-likeness (QED) is 0.635. The van der Waals surface area contributed by atoms with Crippen molar-refractivity contribution >= 4 is 17.5 Å². The lowest BCUT2D eigenvalue weighted by molar-refractivity contribution is -0.118. The van der Waals surface area contributed by atoms with Crippen molar-refractivity contribution in [1.29, 1.82) is 0 Å². The molecule has 6 nitrogen and oxygen atoms in total. The molecule has 0 aliphatic heterocycles. The molecule has 0 fully saturated rings. The van der Waals surface area contributed by atoms with Gasteiger partial charge in [-0.2, -0.15) is 0 Å². The van der Waals surface area contributed by atoms with Crippen LogP contribution < -0.4 is 16.4 Å². The maximum Gasteiger partial charge on any atom is 0.254 e. The van der Waals surface area contributed by atoms with Crippen LogP contribution in [0.4, 0.5) is 5.69 Å². The van der Waals surface area contributed by atoms with E-state index >= 15 is 0 Å². The predicted molar refractivity (Wildman–Crippen MR) is 73.9 cm³/mol. The fourth-order valence-corrected chi connectivity index (χ4v) is 1.64. The average Bonchev–Trinajstić information content (AvgIpc) is 2.35. The molecule has 0 aliphatic carbocycles. The molecule has 2 amide bonds. The van der Waals surface area contributed by atoms with E-state index in [-0.39, 0.29) is 18.2 Å². The van der Waals surface area contributed by atoms with Crippen molar-refractivity contribution in [3.05, 3.63) is 23.5 Å². The van der Waals surface area contributed by atoms with Crippen LogP contribution in [0, 0.1) is 6.92 Å². The Bertz CT molecular complexity index is 460. The molecular weight excluding hydrogens is 244 g/mol. The summed E-state index contributed by atoms with van der Waals surface area (Å²) >= 11 is 0. The van der Waals surface area contributed by atoms with Gasteiger partial charge in [0.25, 0.3) is 5.91 Å². The van der Waals surface area contributed by atoms with Crippen LogP contribution in [0.5, 0.6) is 0 Å². The highest BCUT2D eigenvalue weighted by Gasteiger charge is 2.11. The number of amides is 2. The Morgan fingerprint density at radius 2 is 2.16 bits per heavy atom. The van der Waals surface area contributed by atoms with Crippen LogP contribution >= 0.6 is 0 Å². The zero-order chi connectivity index (χ0) is 14.3. The normalized spacial score (nSPS) is 10.0. The number of anilines is 1. The maximum absolute atomic E-state index is 12.0. The topological polar surface area (TPSA) is 97.1 Å². The van der Waals surface area contributed by atoms with E-state index in [0.29, 0.717) is 18.5 Å². The van der Waals surface area contributed by atoms with E-state index < -0.39 is 0 Å². The molecule has 0 saturated carbocycles. The van der Waals surface area contributed by atoms with E-state index in [0.717, 1.165) is 17.9 Å². The number of aromatic nitrogens is 1. The molecular formula is C13H20N4O2. The molecule has 1 rings (SSSR count). The molecule has 104 valence electrons. The Hall–Kier alpha value is -2.11. The van der Waals surface area contributed by atoms with Gasteiger partial charge in [0.15, 0.2) is 0 Å². The molecule has 0 aliphatic rings. The number of primary amides is 1. The van der Waals surface area contributed by atoms with Gasteiger partial charge < -0.3 is 16.4 Å². The Morgan fingerprint density at radius 3 is 2.79 bits per heavy atom. The first-order valence-corrected chi connectivity index (χ1v) is 6.31. The SMILES string of the molecule is CCNc1cc(C)ncc1C(=O)NCCCC(N)=O. The van der Waals surface area contributed by atoms with Gasteiger partial charge in [-0.05, 0) is 26.3 Å². The first-order chi connectivity index (χ1) is 9.04. The number of hydrogen-bond acceptors (Lipinski definition) is 4. The lowest BCUT2D eigenvalue weighted by Gasteiger charge is -2.11. The van der Waals surface area contributed by atoms with Crippen molar-refractivity contribution in [2.75, 3.05) is 18.4 Å². The van der Waals surface area contributed by atoms with Crippen LogP contribution in [0.25, 0.3) is 0 Å². The molecule has 1 heterocycles. The second kappa shape index (κ2) is 7.35. The summed E-state index contributed by atoms with van der Waals surface area (Å²) in [6.07, 6.45) is 2.36. The van der Waals surface area contributed by atoms with Crippen LogP contribution in [-0.4, -0.2) is 29.9 Å². The number of aryl methyl sites for hydroxylation is 1. The van der Waals surface area contributed by atoms with Gasteiger partial charge in [-0.1, -0.05) is 0 Å². The summed E-state index contributed by atoms with van der Waals surface area (Å²) in [5.74, 6) is -0.562. The summed E-state index contributed by atoms with van der Waals surface area (Å²) in [7, 11) is 0. The minimum absolute atomic E-state index is 0.201. The molecule has 1 aromatic heterocycles. The highest BCUT2D eigenvalue weighted by Crippen LogP contribution is 2.15. The second-order valence-corrected chi connectivity index (χ2v) is 4.23. The summed E-state index contributed by atoms with van der Waals surface area (Å²) in [5, 5.41) is 5.88. The summed E-state index contributed by atoms with van der Waals surface area (Å²) in [5.41, 5.74) is 7.15. The van der Waals surface area contributed by atoms with E-state index in [1.54, 1.807) is 6.20 Å². The lowest BCUT2D eigenvalue weighted by atomic mass is 10.2. The van der Waals surface area contributed by atoms with Crippen molar-refractivity contribution in [3.8, 4) is 0 Å². The maximum atomic E-state index is 12.0. The Morgan fingerprint density at radius 1 is 1.42 bits per heavy atom. The van der Waals surface area contributed by atoms with Gasteiger partial charge in [0.2, 0.25) is 5.91 Å². The fourth-order valence-electron chi connectivity index (χ4n) is 1.64. The summed E-state index contributed by atoms with van der Waals surface area (Å²) in [6.45, 7) is 4.98. The molecule has 0 radical (unpaired) electrons. The Kier molecular flexibility index (Phi) is 5.78. The zero-order valence-electron chi connectivity index (χ0n) is 11.3. The number of rotatable bonds is 7. The lowest BCUT2D eigenvalue weighted by Crippen LogP contribution is -2.26. The highest BCUT2D eigenvalue weighted by atomic mass is 16.2. The fraction of sp³-hybridized carbons (Fsp3) is 0.462. The van der Waals surface area contributed by atoms with Crippen LogP contribution in [0.3, 0.4) is 0 Å². The summed E-state index contributed by atoms with van der Waals surface area (Å²) in [4.78, 5) is 26.7. The molecule has 0 aromatic carbocycles. The number of carbonyl (C=O) groups is 2. The average molecular weight is 264 g/mol. The standard InChI is InChI=1S/C13H20N4O2/c1-3-15-11-7-9(2)17-8-10(11)13(19)16-6-4-5-12(14)18/h7-8H,3-6H2,1-2H3,(H2,14,18)(H,15,17)(H,16,19). The zero-order valence-corrected chi connectivity index (χ0v) is 11.3. The van der Waals surface area contributed by atoms with Crippen molar-refractivity contribution < 1.29 is 9.59 Å². The Labute approximate surface area is 112 Å². The number of nitrogens with zero attached hydrogens (tertiary/aromatic N) is 1. The summed E-state index contributed by atoms with van der Waals surface area (Å²) in [6, 6.07) is 1.84. The molecule has 0 unspecified atom stereocenters. The number of nitrogens with one attached hydrogen (secondary N) is 2. The third kappa shape index (κ3) is 4.95. The van der Waals surface area contributed by atoms with Gasteiger partial charge in [0, 0.05) is 31.4 Å². The van der Waals surface area contributed by atoms with Crippen LogP contribution in [0.1, 0.15) is 35.8 Å². The number of pyridine rings is 1. The van der Waals surface area contributed by atoms with E-state index in [1.807, 2.05) is 19.9 Å². The van der Waals surface area contributed by atoms with Crippen LogP contribution in [-0.2, 0) is 4.79 Å². The van der Waals surface area contributed by atoms with Crippen molar-refractivity contribution in [3.63, 3.8) is 0 Å². The second-order valence-electron chi connectivity index (χ2n) is 4.23. The first-order valence-electron chi connectivity index (χ1n) is 6.31. The van der Waals surface area contributed by atoms with Crippen molar-refractivity contribution in [2.45, 2.75) is 26.7 Å². The molecule has 1 aromatic rings. The van der Waals surface area contributed by atoms with Gasteiger partial charge in [0.1, 0.15) is 0 Å². The molecule has 0 saturated heterocycles. The highest BCUT2D eigenvalue weighted by molar-refractivity contribution is 5.99. The largest absolute Gasteiger partial charge is 0.385 e. The number of carbonyl (C=O) groups excluding carboxylic acids is 2. The van der Waals surface area contributed by atoms with E-state index in [1.165, 1.54) is 0 Å². The smallest absolute Gasteiger partial charge is 0.254 e. The molecule has 19 heavy (non-hydrogen) atoms. The first kappa shape index (κ1) is 14.9. The van der Waals surface area contributed by atoms with E-state index in [2.05, 4.69) is 15.6 Å². The van der Waals surface area contributed by atoms with Gasteiger partial charge in [-0.3, -0.25) is 14.6 Å². The van der Waals surface area contributed by atoms with Gasteiger partial charge in [-0.25, -0.2) is 0 Å². The van der Waals surface area contributed by atoms with Gasteiger partial charge in [0.05, 0.1) is 11.3 Å². The monoisotopic (exact) mass is 264 g/mol. The van der Waals surface area contributed by atoms with Gasteiger partial charge in [-0.15, -0.1) is 0 Å². The third-order valence-electron chi connectivity index (χ3n) is 2.54. The Balaban J connectivity index is 2.63. The third-order valence-corrected chi connectivity index (χ3v) is 2.54. The summed E-state index contributed by atoms with van der Waals surface area (Å²) < 4.78 is 0. The van der Waals surface area contributed by atoms with Crippen molar-refractivity contribution in [1.82, 2.24) is 10.3 Å². The van der Waals surface area contributed by atoms with Crippen LogP contribution in [0.15, 0.2) is 12.3 Å². The molecule has 6 heteroatoms. The molecule has 0 spiro atoms.